The van der Waals surface area contributed by atoms with E-state index in [2.05, 4.69) is 36.3 Å². The van der Waals surface area contributed by atoms with E-state index in [1.807, 2.05) is 0 Å². The molecular formula is C17H35IN4O. The number of rotatable bonds is 5. The van der Waals surface area contributed by atoms with Gasteiger partial charge in [-0.3, -0.25) is 9.89 Å². The van der Waals surface area contributed by atoms with Gasteiger partial charge in [-0.05, 0) is 33.6 Å². The highest BCUT2D eigenvalue weighted by Crippen LogP contribution is 2.34. The molecule has 1 aliphatic heterocycles. The molecule has 23 heavy (non-hydrogen) atoms. The van der Waals surface area contributed by atoms with Crippen LogP contribution >= 0.6 is 24.0 Å². The van der Waals surface area contributed by atoms with E-state index < -0.39 is 0 Å². The fourth-order valence-electron chi connectivity index (χ4n) is 3.64. The standard InChI is InChI=1S/C17H34N4O.HI/c1-4-18-16(20-15(2)3)19-14-17(8-6-5-7-9-17)21-10-12-22-13-11-21;/h15H,4-14H2,1-3H3,(H2,18,19,20);1H. The second kappa shape index (κ2) is 10.7. The number of hydrogen-bond donors (Lipinski definition) is 2. The smallest absolute Gasteiger partial charge is 0.191 e. The van der Waals surface area contributed by atoms with E-state index >= 15 is 0 Å². The maximum absolute atomic E-state index is 5.55. The molecule has 0 unspecified atom stereocenters. The zero-order valence-electron chi connectivity index (χ0n) is 15.1. The van der Waals surface area contributed by atoms with Crippen LogP contribution in [0.4, 0.5) is 0 Å². The molecule has 0 bridgehead atoms. The Morgan fingerprint density at radius 1 is 1.17 bits per heavy atom. The van der Waals surface area contributed by atoms with Crippen LogP contribution in [0, 0.1) is 0 Å². The summed E-state index contributed by atoms with van der Waals surface area (Å²) in [4.78, 5) is 7.59. The van der Waals surface area contributed by atoms with Gasteiger partial charge in [-0.2, -0.15) is 0 Å². The molecule has 0 aromatic carbocycles. The summed E-state index contributed by atoms with van der Waals surface area (Å²) in [5.41, 5.74) is 0.251. The molecule has 1 saturated carbocycles. The van der Waals surface area contributed by atoms with E-state index in [4.69, 9.17) is 9.73 Å². The number of aliphatic imine (C=N–C) groups is 1. The Morgan fingerprint density at radius 3 is 2.39 bits per heavy atom. The summed E-state index contributed by atoms with van der Waals surface area (Å²) >= 11 is 0. The molecule has 5 nitrogen and oxygen atoms in total. The van der Waals surface area contributed by atoms with Crippen molar-refractivity contribution in [3.05, 3.63) is 0 Å². The van der Waals surface area contributed by atoms with Gasteiger partial charge in [0.1, 0.15) is 0 Å². The predicted molar refractivity (Wildman–Crippen MR) is 108 cm³/mol. The molecule has 0 spiro atoms. The van der Waals surface area contributed by atoms with Crippen molar-refractivity contribution in [2.24, 2.45) is 4.99 Å². The Bertz CT molecular complexity index is 351. The van der Waals surface area contributed by atoms with Crippen LogP contribution in [0.1, 0.15) is 52.9 Å². The van der Waals surface area contributed by atoms with E-state index in [-0.39, 0.29) is 29.5 Å². The van der Waals surface area contributed by atoms with Crippen LogP contribution in [-0.4, -0.2) is 61.8 Å². The van der Waals surface area contributed by atoms with Crippen molar-refractivity contribution in [2.75, 3.05) is 39.4 Å². The van der Waals surface area contributed by atoms with Gasteiger partial charge in [0.2, 0.25) is 0 Å². The van der Waals surface area contributed by atoms with E-state index in [0.717, 1.165) is 45.4 Å². The molecule has 2 N–H and O–H groups in total. The quantitative estimate of drug-likeness (QED) is 0.394. The Hall–Kier alpha value is -0.0800. The van der Waals surface area contributed by atoms with Crippen molar-refractivity contribution in [3.63, 3.8) is 0 Å². The Kier molecular flexibility index (Phi) is 9.77. The van der Waals surface area contributed by atoms with Crippen molar-refractivity contribution in [2.45, 2.75) is 64.5 Å². The zero-order valence-corrected chi connectivity index (χ0v) is 17.4. The molecule has 2 rings (SSSR count). The van der Waals surface area contributed by atoms with E-state index in [9.17, 15) is 0 Å². The first kappa shape index (κ1) is 21.0. The lowest BCUT2D eigenvalue weighted by Gasteiger charge is -2.47. The number of hydrogen-bond acceptors (Lipinski definition) is 3. The molecule has 0 atom stereocenters. The lowest BCUT2D eigenvalue weighted by Crippen LogP contribution is -2.56. The zero-order chi connectivity index (χ0) is 15.8. The van der Waals surface area contributed by atoms with Gasteiger partial charge >= 0.3 is 0 Å². The molecule has 0 aromatic heterocycles. The van der Waals surface area contributed by atoms with Crippen molar-refractivity contribution < 1.29 is 4.74 Å². The van der Waals surface area contributed by atoms with Crippen molar-refractivity contribution >= 4 is 29.9 Å². The molecule has 6 heteroatoms. The average Bonchev–Trinajstić information content (AvgIpc) is 2.54. The molecule has 0 aromatic rings. The predicted octanol–water partition coefficient (Wildman–Crippen LogP) is 2.60. The minimum Gasteiger partial charge on any atom is -0.379 e. The van der Waals surface area contributed by atoms with Gasteiger partial charge in [0, 0.05) is 31.2 Å². The van der Waals surface area contributed by atoms with Crippen LogP contribution < -0.4 is 10.6 Å². The molecule has 2 fully saturated rings. The number of nitrogens with one attached hydrogen (secondary N) is 2. The topological polar surface area (TPSA) is 48.9 Å². The Morgan fingerprint density at radius 2 is 1.83 bits per heavy atom. The molecule has 0 radical (unpaired) electrons. The van der Waals surface area contributed by atoms with Gasteiger partial charge in [-0.15, -0.1) is 24.0 Å². The summed E-state index contributed by atoms with van der Waals surface area (Å²) in [5, 5.41) is 6.81. The van der Waals surface area contributed by atoms with Crippen LogP contribution in [0.2, 0.25) is 0 Å². The second-order valence-corrected chi connectivity index (χ2v) is 6.88. The first-order valence-corrected chi connectivity index (χ1v) is 9.04. The molecule has 1 heterocycles. The van der Waals surface area contributed by atoms with Gasteiger partial charge in [-0.1, -0.05) is 19.3 Å². The van der Waals surface area contributed by atoms with Crippen molar-refractivity contribution in [3.8, 4) is 0 Å². The van der Waals surface area contributed by atoms with Gasteiger partial charge in [-0.25, -0.2) is 0 Å². The first-order valence-electron chi connectivity index (χ1n) is 9.04. The highest BCUT2D eigenvalue weighted by molar-refractivity contribution is 14.0. The lowest BCUT2D eigenvalue weighted by molar-refractivity contribution is -0.0333. The number of nitrogens with zero attached hydrogens (tertiary/aromatic N) is 2. The van der Waals surface area contributed by atoms with E-state index in [1.165, 1.54) is 32.1 Å². The average molecular weight is 438 g/mol. The summed E-state index contributed by atoms with van der Waals surface area (Å²) < 4.78 is 5.55. The van der Waals surface area contributed by atoms with E-state index in [1.54, 1.807) is 0 Å². The lowest BCUT2D eigenvalue weighted by atomic mass is 9.80. The summed E-state index contributed by atoms with van der Waals surface area (Å²) in [5.74, 6) is 0.954. The summed E-state index contributed by atoms with van der Waals surface area (Å²) in [6.45, 7) is 12.1. The molecule has 0 amide bonds. The minimum absolute atomic E-state index is 0. The van der Waals surface area contributed by atoms with Crippen molar-refractivity contribution in [1.29, 1.82) is 0 Å². The third-order valence-corrected chi connectivity index (χ3v) is 4.77. The normalized spacial score (nSPS) is 22.5. The Balaban J connectivity index is 0.00000264. The van der Waals surface area contributed by atoms with Gasteiger partial charge in [0.15, 0.2) is 5.96 Å². The summed E-state index contributed by atoms with van der Waals surface area (Å²) in [7, 11) is 0. The van der Waals surface area contributed by atoms with Crippen molar-refractivity contribution in [1.82, 2.24) is 15.5 Å². The van der Waals surface area contributed by atoms with Crippen LogP contribution in [0.3, 0.4) is 0 Å². The summed E-state index contributed by atoms with van der Waals surface area (Å²) in [6, 6.07) is 0.406. The highest BCUT2D eigenvalue weighted by Gasteiger charge is 2.38. The number of guanidine groups is 1. The molecule has 1 aliphatic carbocycles. The third-order valence-electron chi connectivity index (χ3n) is 4.77. The highest BCUT2D eigenvalue weighted by atomic mass is 127. The second-order valence-electron chi connectivity index (χ2n) is 6.88. The molecule has 136 valence electrons. The van der Waals surface area contributed by atoms with Crippen LogP contribution in [-0.2, 0) is 4.74 Å². The molecule has 2 aliphatic rings. The monoisotopic (exact) mass is 438 g/mol. The Labute approximate surface area is 159 Å². The fourth-order valence-corrected chi connectivity index (χ4v) is 3.64. The van der Waals surface area contributed by atoms with Crippen LogP contribution in [0.25, 0.3) is 0 Å². The third kappa shape index (κ3) is 6.38. The largest absolute Gasteiger partial charge is 0.379 e. The van der Waals surface area contributed by atoms with Gasteiger partial charge < -0.3 is 15.4 Å². The maximum Gasteiger partial charge on any atom is 0.191 e. The molecular weight excluding hydrogens is 403 g/mol. The molecule has 1 saturated heterocycles. The van der Waals surface area contributed by atoms with Gasteiger partial charge in [0.05, 0.1) is 19.8 Å². The first-order chi connectivity index (χ1) is 10.7. The van der Waals surface area contributed by atoms with Crippen LogP contribution in [0.15, 0.2) is 4.99 Å². The van der Waals surface area contributed by atoms with Gasteiger partial charge in [0.25, 0.3) is 0 Å². The maximum atomic E-state index is 5.55. The number of morpholine rings is 1. The minimum atomic E-state index is 0. The SMILES string of the molecule is CCNC(=NCC1(N2CCOCC2)CCCCC1)NC(C)C.I. The van der Waals surface area contributed by atoms with E-state index in [0.29, 0.717) is 6.04 Å². The van der Waals surface area contributed by atoms with Crippen LogP contribution in [0.5, 0.6) is 0 Å². The fraction of sp³-hybridized carbons (Fsp3) is 0.941. The summed E-state index contributed by atoms with van der Waals surface area (Å²) in [6.07, 6.45) is 6.59. The number of halogens is 1. The number of ether oxygens (including phenoxy) is 1.